The Bertz CT molecular complexity index is 977. The topological polar surface area (TPSA) is 38.8 Å². The molecule has 0 atom stereocenters. The van der Waals surface area contributed by atoms with Gasteiger partial charge in [0.05, 0.1) is 23.1 Å². The van der Waals surface area contributed by atoms with Crippen LogP contribution in [0.4, 0.5) is 0 Å². The number of nitrogens with zero attached hydrogens (tertiary/aromatic N) is 1. The van der Waals surface area contributed by atoms with Gasteiger partial charge in [0.2, 0.25) is 0 Å². The summed E-state index contributed by atoms with van der Waals surface area (Å²) in [6, 6.07) is 12.6. The zero-order valence-electron chi connectivity index (χ0n) is 16.0. The van der Waals surface area contributed by atoms with E-state index < -0.39 is 0 Å². The molecular weight excluding hydrogens is 461 g/mol. The van der Waals surface area contributed by atoms with E-state index in [-0.39, 0.29) is 5.91 Å². The number of hydrogen-bond donors (Lipinski definition) is 0. The van der Waals surface area contributed by atoms with Crippen molar-refractivity contribution in [3.05, 3.63) is 75.6 Å². The highest BCUT2D eigenvalue weighted by Gasteiger charge is 2.30. The zero-order valence-corrected chi connectivity index (χ0v) is 19.1. The van der Waals surface area contributed by atoms with Gasteiger partial charge >= 0.3 is 0 Å². The molecule has 0 aromatic heterocycles. The molecule has 0 radical (unpaired) electrons. The lowest BCUT2D eigenvalue weighted by molar-refractivity contribution is -0.121. The summed E-state index contributed by atoms with van der Waals surface area (Å²) in [5.74, 6) is 1.22. The Morgan fingerprint density at radius 3 is 2.53 bits per heavy atom. The van der Waals surface area contributed by atoms with Crippen LogP contribution in [0.25, 0.3) is 6.08 Å². The van der Waals surface area contributed by atoms with Crippen LogP contribution in [0, 0.1) is 0 Å². The Balaban J connectivity index is 1.51. The number of hydrogen-bond acceptors (Lipinski definition) is 5. The summed E-state index contributed by atoms with van der Waals surface area (Å²) in [5.41, 5.74) is 0.803. The number of thiocarbonyl (C=S) groups is 1. The normalized spacial score (nSPS) is 15.0. The van der Waals surface area contributed by atoms with E-state index in [9.17, 15) is 4.79 Å². The first-order valence-electron chi connectivity index (χ1n) is 9.15. The van der Waals surface area contributed by atoms with E-state index in [1.165, 1.54) is 16.7 Å². The molecule has 2 aromatic rings. The van der Waals surface area contributed by atoms with Crippen molar-refractivity contribution in [2.45, 2.75) is 6.42 Å². The molecule has 1 saturated heterocycles. The van der Waals surface area contributed by atoms with Gasteiger partial charge in [0, 0.05) is 18.0 Å². The molecule has 0 spiro atoms. The summed E-state index contributed by atoms with van der Waals surface area (Å²) in [6.07, 6.45) is 4.13. The van der Waals surface area contributed by atoms with Crippen molar-refractivity contribution in [2.24, 2.45) is 0 Å². The zero-order chi connectivity index (χ0) is 21.5. The number of carbonyl (C=O) groups excluding carboxylic acids is 1. The van der Waals surface area contributed by atoms with Gasteiger partial charge in [-0.25, -0.2) is 0 Å². The third kappa shape index (κ3) is 6.01. The number of ether oxygens (including phenoxy) is 2. The average molecular weight is 480 g/mol. The highest BCUT2D eigenvalue weighted by atomic mass is 35.5. The van der Waals surface area contributed by atoms with E-state index in [1.807, 2.05) is 18.2 Å². The Labute approximate surface area is 195 Å². The lowest BCUT2D eigenvalue weighted by atomic mass is 10.2. The van der Waals surface area contributed by atoms with E-state index in [0.29, 0.717) is 51.2 Å². The summed E-state index contributed by atoms with van der Waals surface area (Å²) >= 11 is 18.7. The molecule has 1 aliphatic rings. The number of amides is 1. The largest absolute Gasteiger partial charge is 0.493 e. The first kappa shape index (κ1) is 22.7. The lowest BCUT2D eigenvalue weighted by Gasteiger charge is -2.10. The number of rotatable bonds is 9. The van der Waals surface area contributed by atoms with E-state index >= 15 is 0 Å². The third-order valence-corrected chi connectivity index (χ3v) is 5.99. The van der Waals surface area contributed by atoms with E-state index in [2.05, 4.69) is 6.58 Å². The predicted octanol–water partition coefficient (Wildman–Crippen LogP) is 6.23. The lowest BCUT2D eigenvalue weighted by Crippen LogP contribution is -2.27. The molecule has 4 nitrogen and oxygen atoms in total. The Morgan fingerprint density at radius 2 is 1.83 bits per heavy atom. The molecule has 0 saturated carbocycles. The third-order valence-electron chi connectivity index (χ3n) is 4.07. The molecular formula is C22H19Cl2NO3S2. The van der Waals surface area contributed by atoms with Crippen LogP contribution in [0.15, 0.2) is 60.0 Å². The highest BCUT2D eigenvalue weighted by Crippen LogP contribution is 2.34. The molecule has 1 amide bonds. The van der Waals surface area contributed by atoms with Crippen LogP contribution in [-0.4, -0.2) is 34.9 Å². The van der Waals surface area contributed by atoms with Crippen LogP contribution in [-0.2, 0) is 4.79 Å². The van der Waals surface area contributed by atoms with Crippen molar-refractivity contribution in [3.63, 3.8) is 0 Å². The highest BCUT2D eigenvalue weighted by molar-refractivity contribution is 8.26. The van der Waals surface area contributed by atoms with Gasteiger partial charge in [0.15, 0.2) is 0 Å². The van der Waals surface area contributed by atoms with E-state index in [0.717, 1.165) is 11.3 Å². The van der Waals surface area contributed by atoms with Gasteiger partial charge in [-0.05, 0) is 48.0 Å². The van der Waals surface area contributed by atoms with Crippen molar-refractivity contribution in [1.82, 2.24) is 4.90 Å². The molecule has 3 rings (SSSR count). The van der Waals surface area contributed by atoms with Crippen molar-refractivity contribution in [1.29, 1.82) is 0 Å². The van der Waals surface area contributed by atoms with Crippen LogP contribution in [0.2, 0.25) is 10.0 Å². The van der Waals surface area contributed by atoms with Gasteiger partial charge < -0.3 is 9.47 Å². The molecule has 8 heteroatoms. The van der Waals surface area contributed by atoms with E-state index in [1.54, 1.807) is 36.4 Å². The molecule has 156 valence electrons. The number of halogens is 2. The van der Waals surface area contributed by atoms with Gasteiger partial charge in [-0.3, -0.25) is 9.69 Å². The SMILES string of the molecule is C=CCN1C(=O)/C(=C/c2ccc(OCCCOc3ccc(Cl)cc3)c(Cl)c2)SC1=S. The molecule has 0 N–H and O–H groups in total. The number of thioether (sulfide) groups is 1. The second-order valence-corrected chi connectivity index (χ2v) is 8.79. The van der Waals surface area contributed by atoms with Gasteiger partial charge in [-0.1, -0.05) is 59.3 Å². The molecule has 0 aliphatic carbocycles. The Kier molecular flexibility index (Phi) is 8.22. The van der Waals surface area contributed by atoms with Crippen molar-refractivity contribution >= 4 is 63.5 Å². The molecule has 1 fully saturated rings. The standard InChI is InChI=1S/C22H19Cl2NO3S2/c1-2-10-25-21(26)20(30-22(25)29)14-15-4-9-19(18(24)13-15)28-12-3-11-27-17-7-5-16(23)6-8-17/h2,4-9,13-14H,1,3,10-12H2/b20-14-. The summed E-state index contributed by atoms with van der Waals surface area (Å²) in [4.78, 5) is 14.5. The minimum Gasteiger partial charge on any atom is -0.493 e. The predicted molar refractivity (Wildman–Crippen MR) is 129 cm³/mol. The second-order valence-electron chi connectivity index (χ2n) is 6.28. The van der Waals surface area contributed by atoms with Crippen LogP contribution in [0.1, 0.15) is 12.0 Å². The summed E-state index contributed by atoms with van der Waals surface area (Å²) < 4.78 is 11.9. The van der Waals surface area contributed by atoms with Gasteiger partial charge in [-0.15, -0.1) is 6.58 Å². The quantitative estimate of drug-likeness (QED) is 0.184. The molecule has 30 heavy (non-hydrogen) atoms. The van der Waals surface area contributed by atoms with Crippen LogP contribution in [0.3, 0.4) is 0 Å². The Morgan fingerprint density at radius 1 is 1.10 bits per heavy atom. The van der Waals surface area contributed by atoms with Gasteiger partial charge in [0.1, 0.15) is 15.8 Å². The van der Waals surface area contributed by atoms with Crippen molar-refractivity contribution in [3.8, 4) is 11.5 Å². The maximum Gasteiger partial charge on any atom is 0.266 e. The molecule has 1 aliphatic heterocycles. The summed E-state index contributed by atoms with van der Waals surface area (Å²) in [7, 11) is 0. The smallest absolute Gasteiger partial charge is 0.266 e. The molecule has 0 bridgehead atoms. The van der Waals surface area contributed by atoms with Gasteiger partial charge in [0.25, 0.3) is 5.91 Å². The number of benzene rings is 2. The monoisotopic (exact) mass is 479 g/mol. The maximum atomic E-state index is 12.4. The molecule has 1 heterocycles. The minimum atomic E-state index is -0.123. The van der Waals surface area contributed by atoms with Crippen LogP contribution in [0.5, 0.6) is 11.5 Å². The summed E-state index contributed by atoms with van der Waals surface area (Å²) in [5, 5.41) is 1.15. The fourth-order valence-electron chi connectivity index (χ4n) is 2.62. The van der Waals surface area contributed by atoms with Crippen LogP contribution < -0.4 is 9.47 Å². The second kappa shape index (κ2) is 10.9. The maximum absolute atomic E-state index is 12.4. The first-order chi connectivity index (χ1) is 14.5. The molecule has 2 aromatic carbocycles. The summed E-state index contributed by atoms with van der Waals surface area (Å²) in [6.45, 7) is 5.03. The van der Waals surface area contributed by atoms with Gasteiger partial charge in [-0.2, -0.15) is 0 Å². The molecule has 0 unspecified atom stereocenters. The fourth-order valence-corrected chi connectivity index (χ4v) is 4.27. The van der Waals surface area contributed by atoms with E-state index in [4.69, 9.17) is 44.9 Å². The van der Waals surface area contributed by atoms with Crippen molar-refractivity contribution < 1.29 is 14.3 Å². The fraction of sp³-hybridized carbons (Fsp3) is 0.182. The number of carbonyl (C=O) groups is 1. The van der Waals surface area contributed by atoms with Crippen molar-refractivity contribution in [2.75, 3.05) is 19.8 Å². The first-order valence-corrected chi connectivity index (χ1v) is 11.1. The Hall–Kier alpha value is -1.99. The minimum absolute atomic E-state index is 0.123. The average Bonchev–Trinajstić information content (AvgIpc) is 2.98. The van der Waals surface area contributed by atoms with Crippen LogP contribution >= 0.6 is 47.2 Å².